The first kappa shape index (κ1) is 10.7. The Kier molecular flexibility index (Phi) is 2.81. The Labute approximate surface area is 98.3 Å². The second-order valence-electron chi connectivity index (χ2n) is 2.63. The van der Waals surface area contributed by atoms with Gasteiger partial charge < -0.3 is 5.11 Å². The lowest BCUT2D eigenvalue weighted by Gasteiger charge is -1.96. The van der Waals surface area contributed by atoms with Gasteiger partial charge in [0, 0.05) is 6.20 Å². The number of carboxylic acid groups (broad SMARTS) is 1. The highest BCUT2D eigenvalue weighted by Gasteiger charge is 2.16. The summed E-state index contributed by atoms with van der Waals surface area (Å²) in [6.45, 7) is 0. The number of hydrogen-bond acceptors (Lipinski definition) is 5. The van der Waals surface area contributed by atoms with E-state index in [4.69, 9.17) is 16.7 Å². The maximum atomic E-state index is 10.8. The fourth-order valence-electron chi connectivity index (χ4n) is 1.07. The molecule has 2 rings (SSSR count). The van der Waals surface area contributed by atoms with Crippen molar-refractivity contribution in [2.45, 2.75) is 4.34 Å². The van der Waals surface area contributed by atoms with E-state index in [1.54, 1.807) is 0 Å². The van der Waals surface area contributed by atoms with E-state index >= 15 is 0 Å². The van der Waals surface area contributed by atoms with Gasteiger partial charge in [-0.2, -0.15) is 0 Å². The summed E-state index contributed by atoms with van der Waals surface area (Å²) in [6, 6.07) is 0. The topological polar surface area (TPSA) is 63.1 Å². The van der Waals surface area contributed by atoms with E-state index in [1.807, 2.05) is 6.26 Å². The molecule has 2 aromatic heterocycles. The van der Waals surface area contributed by atoms with Crippen LogP contribution in [0.2, 0.25) is 5.02 Å². The molecular weight excluding hydrogens is 256 g/mol. The Balaban J connectivity index is 2.72. The minimum atomic E-state index is -1.09. The smallest absolute Gasteiger partial charge is 0.338 e. The lowest BCUT2D eigenvalue weighted by Crippen LogP contribution is -1.98. The fraction of sp³-hybridized carbons (Fsp3) is 0.125. The van der Waals surface area contributed by atoms with Gasteiger partial charge in [-0.3, -0.25) is 0 Å². The van der Waals surface area contributed by atoms with Crippen molar-refractivity contribution in [1.82, 2.24) is 9.97 Å². The number of fused-ring (bicyclic) bond motifs is 1. The lowest BCUT2D eigenvalue weighted by molar-refractivity contribution is 0.0697. The van der Waals surface area contributed by atoms with Gasteiger partial charge in [-0.05, 0) is 6.26 Å². The average Bonchev–Trinajstić information content (AvgIpc) is 2.61. The number of nitrogens with zero attached hydrogens (tertiary/aromatic N) is 2. The van der Waals surface area contributed by atoms with Crippen molar-refractivity contribution < 1.29 is 9.90 Å². The summed E-state index contributed by atoms with van der Waals surface area (Å²) in [6.07, 6.45) is 3.15. The molecule has 2 aromatic rings. The van der Waals surface area contributed by atoms with Gasteiger partial charge in [-0.25, -0.2) is 14.8 Å². The Morgan fingerprint density at radius 3 is 3.00 bits per heavy atom. The second kappa shape index (κ2) is 3.96. The molecule has 4 nitrogen and oxygen atoms in total. The minimum Gasteiger partial charge on any atom is -0.478 e. The van der Waals surface area contributed by atoms with Crippen LogP contribution in [-0.4, -0.2) is 27.3 Å². The van der Waals surface area contributed by atoms with Gasteiger partial charge in [0.25, 0.3) is 0 Å². The van der Waals surface area contributed by atoms with E-state index in [1.165, 1.54) is 29.3 Å². The average molecular weight is 261 g/mol. The van der Waals surface area contributed by atoms with E-state index in [9.17, 15) is 4.79 Å². The summed E-state index contributed by atoms with van der Waals surface area (Å²) in [5.74, 6) is -1.09. The number of hydrogen-bond donors (Lipinski definition) is 1. The molecule has 0 aliphatic rings. The van der Waals surface area contributed by atoms with Crippen molar-refractivity contribution in [2.75, 3.05) is 6.26 Å². The maximum Gasteiger partial charge on any atom is 0.338 e. The highest BCUT2D eigenvalue weighted by molar-refractivity contribution is 8.00. The molecule has 15 heavy (non-hydrogen) atoms. The predicted octanol–water partition coefficient (Wildman–Crippen LogP) is 2.76. The Morgan fingerprint density at radius 2 is 2.40 bits per heavy atom. The Morgan fingerprint density at radius 1 is 1.67 bits per heavy atom. The molecular formula is C8H5ClN2O2S2. The quantitative estimate of drug-likeness (QED) is 0.842. The van der Waals surface area contributed by atoms with E-state index in [2.05, 4.69) is 9.97 Å². The fourth-order valence-corrected chi connectivity index (χ4v) is 2.79. The van der Waals surface area contributed by atoms with Crippen LogP contribution in [-0.2, 0) is 0 Å². The van der Waals surface area contributed by atoms with Crippen LogP contribution in [0.4, 0.5) is 0 Å². The van der Waals surface area contributed by atoms with Crippen LogP contribution in [0, 0.1) is 0 Å². The van der Waals surface area contributed by atoms with Gasteiger partial charge in [0.1, 0.15) is 10.3 Å². The SMILES string of the molecule is CSc1nc2c(Cl)c(C(=O)O)cnc2s1. The zero-order chi connectivity index (χ0) is 11.0. The molecule has 0 aromatic carbocycles. The van der Waals surface area contributed by atoms with Crippen LogP contribution in [0.15, 0.2) is 10.5 Å². The van der Waals surface area contributed by atoms with Crippen molar-refractivity contribution in [1.29, 1.82) is 0 Å². The molecule has 0 saturated carbocycles. The summed E-state index contributed by atoms with van der Waals surface area (Å²) < 4.78 is 0.821. The molecule has 7 heteroatoms. The van der Waals surface area contributed by atoms with E-state index in [0.29, 0.717) is 10.3 Å². The molecule has 0 amide bonds. The van der Waals surface area contributed by atoms with Crippen molar-refractivity contribution in [3.63, 3.8) is 0 Å². The molecule has 0 saturated heterocycles. The number of carboxylic acids is 1. The highest BCUT2D eigenvalue weighted by Crippen LogP contribution is 2.32. The third-order valence-electron chi connectivity index (χ3n) is 1.75. The summed E-state index contributed by atoms with van der Waals surface area (Å²) in [5, 5.41) is 8.99. The number of halogens is 1. The van der Waals surface area contributed by atoms with Crippen LogP contribution in [0.3, 0.4) is 0 Å². The van der Waals surface area contributed by atoms with Gasteiger partial charge in [-0.1, -0.05) is 34.7 Å². The minimum absolute atomic E-state index is 0.0119. The van der Waals surface area contributed by atoms with Crippen LogP contribution >= 0.6 is 34.7 Å². The Hall–Kier alpha value is -0.850. The first-order valence-corrected chi connectivity index (χ1v) is 6.27. The molecule has 0 radical (unpaired) electrons. The number of carbonyl (C=O) groups is 1. The van der Waals surface area contributed by atoms with E-state index in [0.717, 1.165) is 4.34 Å². The number of aromatic carboxylic acids is 1. The normalized spacial score (nSPS) is 10.8. The van der Waals surface area contributed by atoms with E-state index in [-0.39, 0.29) is 10.6 Å². The summed E-state index contributed by atoms with van der Waals surface area (Å²) in [5.41, 5.74) is 0.452. The molecule has 0 fully saturated rings. The molecule has 0 aliphatic carbocycles. The van der Waals surface area contributed by atoms with Crippen molar-refractivity contribution >= 4 is 51.0 Å². The summed E-state index contributed by atoms with van der Waals surface area (Å²) >= 11 is 8.80. The van der Waals surface area contributed by atoms with Gasteiger partial charge >= 0.3 is 5.97 Å². The van der Waals surface area contributed by atoms with Crippen molar-refractivity contribution in [3.8, 4) is 0 Å². The number of aromatic nitrogens is 2. The van der Waals surface area contributed by atoms with Crippen molar-refractivity contribution in [2.24, 2.45) is 0 Å². The highest BCUT2D eigenvalue weighted by atomic mass is 35.5. The molecule has 0 atom stereocenters. The monoisotopic (exact) mass is 260 g/mol. The third-order valence-corrected chi connectivity index (χ3v) is 4.08. The summed E-state index contributed by atoms with van der Waals surface area (Å²) in [4.78, 5) is 19.7. The largest absolute Gasteiger partial charge is 0.478 e. The van der Waals surface area contributed by atoms with E-state index < -0.39 is 5.97 Å². The number of thioether (sulfide) groups is 1. The zero-order valence-corrected chi connectivity index (χ0v) is 9.91. The molecule has 0 spiro atoms. The predicted molar refractivity (Wildman–Crippen MR) is 61.2 cm³/mol. The lowest BCUT2D eigenvalue weighted by atomic mass is 10.3. The Bertz CT molecular complexity index is 541. The molecule has 1 N–H and O–H groups in total. The van der Waals surface area contributed by atoms with Gasteiger partial charge in [0.15, 0.2) is 4.34 Å². The maximum absolute atomic E-state index is 10.8. The van der Waals surface area contributed by atoms with Gasteiger partial charge in [-0.15, -0.1) is 0 Å². The molecule has 0 unspecified atom stereocenters. The second-order valence-corrected chi connectivity index (χ2v) is 5.04. The molecule has 0 aliphatic heterocycles. The number of rotatable bonds is 2. The van der Waals surface area contributed by atoms with Crippen LogP contribution < -0.4 is 0 Å². The molecule has 2 heterocycles. The van der Waals surface area contributed by atoms with Crippen molar-refractivity contribution in [3.05, 3.63) is 16.8 Å². The first-order valence-electron chi connectivity index (χ1n) is 3.86. The zero-order valence-electron chi connectivity index (χ0n) is 7.52. The van der Waals surface area contributed by atoms with Gasteiger partial charge in [0.05, 0.1) is 10.6 Å². The summed E-state index contributed by atoms with van der Waals surface area (Å²) in [7, 11) is 0. The third kappa shape index (κ3) is 1.80. The number of thiazole rings is 1. The van der Waals surface area contributed by atoms with Crippen LogP contribution in [0.5, 0.6) is 0 Å². The molecule has 0 bridgehead atoms. The first-order chi connectivity index (χ1) is 7.13. The number of pyridine rings is 1. The molecule has 78 valence electrons. The van der Waals surface area contributed by atoms with Crippen LogP contribution in [0.1, 0.15) is 10.4 Å². The van der Waals surface area contributed by atoms with Gasteiger partial charge in [0.2, 0.25) is 0 Å². The standard InChI is InChI=1S/C8H5ClN2O2S2/c1-14-8-11-5-4(9)3(7(12)13)2-10-6(5)15-8/h2H,1H3,(H,12,13). The van der Waals surface area contributed by atoms with Crippen LogP contribution in [0.25, 0.3) is 10.3 Å².